The monoisotopic (exact) mass is 554 g/mol. The van der Waals surface area contributed by atoms with Crippen molar-refractivity contribution in [1.82, 2.24) is 0 Å². The summed E-state index contributed by atoms with van der Waals surface area (Å²) < 4.78 is 77.7. The Hall–Kier alpha value is 1.28. The quantitative estimate of drug-likeness (QED) is 0.172. The van der Waals surface area contributed by atoms with Gasteiger partial charge >= 0.3 is 12.4 Å². The van der Waals surface area contributed by atoms with Gasteiger partial charge in [0.25, 0.3) is 0 Å². The Morgan fingerprint density at radius 1 is 0.552 bits per heavy atom. The second-order valence-electron chi connectivity index (χ2n) is 7.30. The first-order chi connectivity index (χ1) is 12.5. The fourth-order valence-corrected chi connectivity index (χ4v) is 4.99. The molecular weight excluding hydrogens is 535 g/mol. The molecule has 0 saturated carbocycles. The van der Waals surface area contributed by atoms with E-state index in [-0.39, 0.29) is 25.7 Å². The Labute approximate surface area is 196 Å². The van der Waals surface area contributed by atoms with Crippen LogP contribution in [0.1, 0.15) is 65.2 Å². The second-order valence-corrected chi connectivity index (χ2v) is 12.4. The largest absolute Gasteiger partial charge is 0.389 e. The summed E-state index contributed by atoms with van der Waals surface area (Å²) in [5, 5.41) is -3.77. The number of ether oxygens (including phenoxy) is 1. The van der Waals surface area contributed by atoms with Crippen molar-refractivity contribution in [2.45, 2.75) is 96.4 Å². The van der Waals surface area contributed by atoms with Crippen LogP contribution in [0.4, 0.5) is 26.3 Å². The first-order valence-electron chi connectivity index (χ1n) is 8.50. The third-order valence-electron chi connectivity index (χ3n) is 3.54. The van der Waals surface area contributed by atoms with Gasteiger partial charge in [-0.3, -0.25) is 0 Å². The second kappa shape index (κ2) is 10.9. The molecule has 0 amide bonds. The lowest BCUT2D eigenvalue weighted by Crippen LogP contribution is -2.43. The molecule has 13 heteroatoms. The molecule has 0 aliphatic heterocycles. The maximum absolute atomic E-state index is 12.5. The fraction of sp³-hybridized carbons (Fsp3) is 1.00. The van der Waals surface area contributed by atoms with E-state index in [2.05, 4.69) is 0 Å². The summed E-state index contributed by atoms with van der Waals surface area (Å²) in [7, 11) is 0. The zero-order chi connectivity index (χ0) is 23.4. The summed E-state index contributed by atoms with van der Waals surface area (Å²) >= 11 is 36.6. The van der Waals surface area contributed by atoms with Crippen molar-refractivity contribution in [3.63, 3.8) is 0 Å². The molecule has 29 heavy (non-hydrogen) atoms. The molecule has 176 valence electrons. The molecule has 0 saturated heterocycles. The van der Waals surface area contributed by atoms with Gasteiger partial charge in [-0.15, -0.1) is 46.4 Å². The summed E-state index contributed by atoms with van der Waals surface area (Å²) in [4.78, 5) is 0. The van der Waals surface area contributed by atoms with Gasteiger partial charge in [-0.2, -0.15) is 26.3 Å². The van der Waals surface area contributed by atoms with Gasteiger partial charge in [0.2, 0.25) is 0 Å². The predicted octanol–water partition coefficient (Wildman–Crippen LogP) is 9.51. The molecule has 0 aromatic heterocycles. The van der Waals surface area contributed by atoms with Crippen molar-refractivity contribution in [2.24, 2.45) is 0 Å². The van der Waals surface area contributed by atoms with Crippen LogP contribution >= 0.6 is 69.6 Å². The molecule has 0 bridgehead atoms. The van der Waals surface area contributed by atoms with Crippen molar-refractivity contribution in [1.29, 1.82) is 0 Å². The van der Waals surface area contributed by atoms with Crippen molar-refractivity contribution >= 4 is 69.6 Å². The Morgan fingerprint density at radius 3 is 1.03 bits per heavy atom. The topological polar surface area (TPSA) is 9.23 Å². The van der Waals surface area contributed by atoms with Gasteiger partial charge in [0.15, 0.2) is 0 Å². The highest BCUT2D eigenvalue weighted by Gasteiger charge is 2.46. The SMILES string of the molecule is CC(Cl)(Cl)CC(Cl)(CCCC(F)(F)F)OC(Cl)(CCCC(F)(F)F)CC(C)(Cl)Cl. The Morgan fingerprint density at radius 2 is 0.828 bits per heavy atom. The molecule has 0 spiro atoms. The lowest BCUT2D eigenvalue weighted by molar-refractivity contribution is -0.143. The van der Waals surface area contributed by atoms with E-state index >= 15 is 0 Å². The van der Waals surface area contributed by atoms with Crippen molar-refractivity contribution in [3.05, 3.63) is 0 Å². The number of rotatable bonds is 12. The van der Waals surface area contributed by atoms with E-state index in [4.69, 9.17) is 74.3 Å². The molecule has 1 nitrogen and oxygen atoms in total. The molecule has 0 aliphatic carbocycles. The van der Waals surface area contributed by atoms with Crippen LogP contribution in [0.2, 0.25) is 0 Å². The number of alkyl halides is 12. The van der Waals surface area contributed by atoms with E-state index in [1.165, 1.54) is 13.8 Å². The molecule has 0 fully saturated rings. The van der Waals surface area contributed by atoms with Crippen LogP contribution in [0, 0.1) is 0 Å². The first kappa shape index (κ1) is 30.3. The average Bonchev–Trinajstić information content (AvgIpc) is 2.28. The molecule has 0 aromatic rings. The van der Waals surface area contributed by atoms with Gasteiger partial charge in [-0.25, -0.2) is 0 Å². The summed E-state index contributed by atoms with van der Waals surface area (Å²) in [5.74, 6) is 0. The summed E-state index contributed by atoms with van der Waals surface area (Å²) in [6, 6.07) is 0. The van der Waals surface area contributed by atoms with Crippen LogP contribution in [0.3, 0.4) is 0 Å². The van der Waals surface area contributed by atoms with Gasteiger partial charge in [0.1, 0.15) is 18.8 Å². The lowest BCUT2D eigenvalue weighted by Gasteiger charge is -2.41. The van der Waals surface area contributed by atoms with Gasteiger partial charge in [-0.1, -0.05) is 23.2 Å². The third-order valence-corrected chi connectivity index (χ3v) is 4.87. The maximum atomic E-state index is 12.5. The smallest absolute Gasteiger partial charge is 0.338 e. The predicted molar refractivity (Wildman–Crippen MR) is 108 cm³/mol. The van der Waals surface area contributed by atoms with Crippen LogP contribution in [-0.4, -0.2) is 31.1 Å². The number of halogens is 12. The fourth-order valence-electron chi connectivity index (χ4n) is 2.71. The summed E-state index contributed by atoms with van der Waals surface area (Å²) in [6.07, 6.45) is -13.5. The van der Waals surface area contributed by atoms with Crippen LogP contribution in [-0.2, 0) is 4.74 Å². The molecule has 2 atom stereocenters. The molecular formula is C16H22Cl6F6O. The van der Waals surface area contributed by atoms with Crippen molar-refractivity contribution in [2.75, 3.05) is 0 Å². The zero-order valence-corrected chi connectivity index (χ0v) is 20.1. The van der Waals surface area contributed by atoms with E-state index in [1.54, 1.807) is 0 Å². The highest BCUT2D eigenvalue weighted by molar-refractivity contribution is 6.49. The van der Waals surface area contributed by atoms with Gasteiger partial charge in [0.05, 0.1) is 0 Å². The standard InChI is InChI=1S/C16H22Cl6F6O/c1-11(17,18)9-13(21,5-3-7-15(23,24)25)29-14(22,10-12(2,19)20)6-4-8-16(26,27)28/h3-10H2,1-2H3. The Bertz CT molecular complexity index is 458. The zero-order valence-electron chi connectivity index (χ0n) is 15.6. The molecule has 0 radical (unpaired) electrons. The lowest BCUT2D eigenvalue weighted by atomic mass is 10.0. The van der Waals surface area contributed by atoms with Gasteiger partial charge in [0, 0.05) is 25.7 Å². The normalized spacial score (nSPS) is 18.4. The minimum absolute atomic E-state index is 0.350. The van der Waals surface area contributed by atoms with Crippen LogP contribution < -0.4 is 0 Å². The molecule has 0 N–H and O–H groups in total. The Kier molecular flexibility index (Phi) is 11.4. The van der Waals surface area contributed by atoms with E-state index in [0.29, 0.717) is 0 Å². The molecule has 0 aliphatic rings. The highest BCUT2D eigenvalue weighted by atomic mass is 35.5. The molecule has 0 aromatic carbocycles. The van der Waals surface area contributed by atoms with E-state index in [0.717, 1.165) is 0 Å². The van der Waals surface area contributed by atoms with Crippen LogP contribution in [0.5, 0.6) is 0 Å². The number of hydrogen-bond donors (Lipinski definition) is 0. The van der Waals surface area contributed by atoms with Crippen molar-refractivity contribution < 1.29 is 31.1 Å². The van der Waals surface area contributed by atoms with Crippen LogP contribution in [0.25, 0.3) is 0 Å². The molecule has 0 heterocycles. The number of hydrogen-bond acceptors (Lipinski definition) is 1. The summed E-state index contributed by atoms with van der Waals surface area (Å²) in [6.45, 7) is 2.68. The van der Waals surface area contributed by atoms with Crippen LogP contribution in [0.15, 0.2) is 0 Å². The van der Waals surface area contributed by atoms with Crippen molar-refractivity contribution in [3.8, 4) is 0 Å². The minimum atomic E-state index is -4.43. The molecule has 2 unspecified atom stereocenters. The van der Waals surface area contributed by atoms with Gasteiger partial charge in [-0.05, 0) is 39.5 Å². The van der Waals surface area contributed by atoms with E-state index in [9.17, 15) is 26.3 Å². The van der Waals surface area contributed by atoms with Gasteiger partial charge < -0.3 is 4.74 Å². The first-order valence-corrected chi connectivity index (χ1v) is 10.8. The molecule has 0 rings (SSSR count). The van der Waals surface area contributed by atoms with E-state index in [1.807, 2.05) is 0 Å². The minimum Gasteiger partial charge on any atom is -0.338 e. The van der Waals surface area contributed by atoms with E-state index < -0.39 is 56.8 Å². The average molecular weight is 557 g/mol. The maximum Gasteiger partial charge on any atom is 0.389 e. The third kappa shape index (κ3) is 17.5. The summed E-state index contributed by atoms with van der Waals surface area (Å²) in [5.41, 5.74) is 0. The highest BCUT2D eigenvalue weighted by Crippen LogP contribution is 2.47. The Balaban J connectivity index is 5.52.